The molecule has 7 heteroatoms. The van der Waals surface area contributed by atoms with Crippen LogP contribution < -0.4 is 0 Å². The molecule has 0 aromatic carbocycles. The first-order valence-electron chi connectivity index (χ1n) is 9.25. The topological polar surface area (TPSA) is 61.2 Å². The molecule has 0 amide bonds. The summed E-state index contributed by atoms with van der Waals surface area (Å²) in [6.07, 6.45) is 4.38. The molecule has 0 saturated carbocycles. The van der Waals surface area contributed by atoms with E-state index in [2.05, 4.69) is 36.4 Å². The Balaban J connectivity index is 1.27. The Morgan fingerprint density at radius 3 is 3.00 bits per heavy atom. The third-order valence-corrected chi connectivity index (χ3v) is 6.19. The Labute approximate surface area is 156 Å². The molecule has 3 aromatic rings. The molecular weight excluding hydrogens is 346 g/mol. The van der Waals surface area contributed by atoms with Crippen LogP contribution in [0.15, 0.2) is 39.7 Å². The molecular formula is C19H23N5OS. The Morgan fingerprint density at radius 1 is 1.15 bits per heavy atom. The van der Waals surface area contributed by atoms with Crippen molar-refractivity contribution in [3.63, 3.8) is 0 Å². The maximum absolute atomic E-state index is 6.06. The van der Waals surface area contributed by atoms with Crippen molar-refractivity contribution in [2.75, 3.05) is 19.6 Å². The Hall–Kier alpha value is -1.96. The summed E-state index contributed by atoms with van der Waals surface area (Å²) in [6.45, 7) is 5.34. The summed E-state index contributed by atoms with van der Waals surface area (Å²) in [5.41, 5.74) is 4.07. The van der Waals surface area contributed by atoms with E-state index in [1.54, 1.807) is 17.5 Å². The molecule has 6 nitrogen and oxygen atoms in total. The third-order valence-electron chi connectivity index (χ3n) is 5.56. The van der Waals surface area contributed by atoms with Gasteiger partial charge in [0.25, 0.3) is 0 Å². The fraction of sp³-hybridized carbons (Fsp3) is 0.474. The van der Waals surface area contributed by atoms with E-state index >= 15 is 0 Å². The first kappa shape index (κ1) is 16.2. The van der Waals surface area contributed by atoms with Gasteiger partial charge >= 0.3 is 0 Å². The van der Waals surface area contributed by atoms with E-state index in [-0.39, 0.29) is 0 Å². The lowest BCUT2D eigenvalue weighted by Crippen LogP contribution is -2.43. The number of H-pyrrole nitrogens is 1. The number of aromatic amines is 1. The van der Waals surface area contributed by atoms with Crippen molar-refractivity contribution < 1.29 is 4.42 Å². The molecule has 3 aromatic heterocycles. The Morgan fingerprint density at radius 2 is 2.15 bits per heavy atom. The summed E-state index contributed by atoms with van der Waals surface area (Å²) in [7, 11) is 0. The minimum Gasteiger partial charge on any atom is -0.458 e. The predicted octanol–water partition coefficient (Wildman–Crippen LogP) is 3.22. The standard InChI is InChI=1S/C19H23N5OS/c1-2-16-10-23(9-15-12-26-13-20-15)7-14(1)8-24(16)11-17-3-4-19(25-17)18-5-6-21-22-18/h3-6,12-14,16H,1-2,7-11H2,(H,21,22). The van der Waals surface area contributed by atoms with Gasteiger partial charge < -0.3 is 4.42 Å². The molecule has 6 rings (SSSR count). The van der Waals surface area contributed by atoms with Gasteiger partial charge in [0.15, 0.2) is 5.76 Å². The van der Waals surface area contributed by atoms with Crippen LogP contribution in [-0.2, 0) is 13.1 Å². The summed E-state index contributed by atoms with van der Waals surface area (Å²) in [5, 5.41) is 9.14. The van der Waals surface area contributed by atoms with Gasteiger partial charge in [0, 0.05) is 43.8 Å². The number of rotatable bonds is 5. The second-order valence-corrected chi connectivity index (χ2v) is 8.16. The summed E-state index contributed by atoms with van der Waals surface area (Å²) in [4.78, 5) is 9.67. The molecule has 3 saturated heterocycles. The number of aromatic nitrogens is 3. The Kier molecular flexibility index (Phi) is 4.36. The van der Waals surface area contributed by atoms with Crippen molar-refractivity contribution in [1.29, 1.82) is 0 Å². The molecule has 2 atom stereocenters. The lowest BCUT2D eigenvalue weighted by Gasteiger charge is -2.35. The second kappa shape index (κ2) is 6.98. The van der Waals surface area contributed by atoms with Crippen LogP contribution in [0.2, 0.25) is 0 Å². The summed E-state index contributed by atoms with van der Waals surface area (Å²) < 4.78 is 6.06. The lowest BCUT2D eigenvalue weighted by atomic mass is 9.95. The lowest BCUT2D eigenvalue weighted by molar-refractivity contribution is 0.114. The molecule has 3 fully saturated rings. The highest BCUT2D eigenvalue weighted by atomic mass is 32.1. The highest BCUT2D eigenvalue weighted by Gasteiger charge is 2.35. The minimum atomic E-state index is 0.605. The van der Waals surface area contributed by atoms with Gasteiger partial charge in [-0.3, -0.25) is 14.9 Å². The van der Waals surface area contributed by atoms with E-state index in [0.717, 1.165) is 42.8 Å². The molecule has 0 radical (unpaired) electrons. The van der Waals surface area contributed by atoms with Crippen molar-refractivity contribution in [3.8, 4) is 11.5 Å². The van der Waals surface area contributed by atoms with Crippen molar-refractivity contribution in [3.05, 3.63) is 46.7 Å². The molecule has 2 bridgehead atoms. The largest absolute Gasteiger partial charge is 0.458 e. The average molecular weight is 369 g/mol. The van der Waals surface area contributed by atoms with Crippen LogP contribution in [0, 0.1) is 5.92 Å². The fourth-order valence-corrected chi connectivity index (χ4v) is 4.89. The van der Waals surface area contributed by atoms with Crippen molar-refractivity contribution in [2.24, 2.45) is 5.92 Å². The molecule has 1 N–H and O–H groups in total. The maximum atomic E-state index is 6.06. The minimum absolute atomic E-state index is 0.605. The van der Waals surface area contributed by atoms with Gasteiger partial charge in [0.1, 0.15) is 11.5 Å². The number of nitrogens with zero attached hydrogens (tertiary/aromatic N) is 4. The summed E-state index contributed by atoms with van der Waals surface area (Å²) in [5.74, 6) is 2.64. The predicted molar refractivity (Wildman–Crippen MR) is 101 cm³/mol. The average Bonchev–Trinajstić information content (AvgIpc) is 3.36. The number of nitrogens with one attached hydrogen (secondary N) is 1. The number of furan rings is 1. The Bertz CT molecular complexity index is 828. The van der Waals surface area contributed by atoms with Crippen molar-refractivity contribution in [1.82, 2.24) is 25.0 Å². The van der Waals surface area contributed by atoms with E-state index < -0.39 is 0 Å². The van der Waals surface area contributed by atoms with Crippen LogP contribution >= 0.6 is 11.3 Å². The molecule has 3 aliphatic heterocycles. The maximum Gasteiger partial charge on any atom is 0.152 e. The first-order chi connectivity index (χ1) is 12.8. The van der Waals surface area contributed by atoms with Crippen molar-refractivity contribution in [2.45, 2.75) is 32.0 Å². The van der Waals surface area contributed by atoms with Gasteiger partial charge in [-0.15, -0.1) is 11.3 Å². The number of hydrogen-bond acceptors (Lipinski definition) is 6. The zero-order valence-corrected chi connectivity index (χ0v) is 15.5. The van der Waals surface area contributed by atoms with Crippen LogP contribution in [0.3, 0.4) is 0 Å². The normalized spacial score (nSPS) is 24.2. The summed E-state index contributed by atoms with van der Waals surface area (Å²) >= 11 is 1.69. The highest BCUT2D eigenvalue weighted by molar-refractivity contribution is 7.07. The molecule has 26 heavy (non-hydrogen) atoms. The van der Waals surface area contributed by atoms with Crippen LogP contribution in [0.5, 0.6) is 0 Å². The SMILES string of the molecule is c1cc(-c2ccc(CN3CC4CCC3CN(Cc3cscn3)C4)o2)[nH]n1. The van der Waals surface area contributed by atoms with E-state index in [1.165, 1.54) is 31.6 Å². The molecule has 0 spiro atoms. The van der Waals surface area contributed by atoms with Gasteiger partial charge in [-0.1, -0.05) is 0 Å². The first-order valence-corrected chi connectivity index (χ1v) is 10.2. The number of hydrogen-bond donors (Lipinski definition) is 1. The smallest absolute Gasteiger partial charge is 0.152 e. The van der Waals surface area contributed by atoms with Crippen LogP contribution in [0.25, 0.3) is 11.5 Å². The zero-order chi connectivity index (χ0) is 17.3. The van der Waals surface area contributed by atoms with Crippen molar-refractivity contribution >= 4 is 11.3 Å². The molecule has 6 heterocycles. The second-order valence-electron chi connectivity index (χ2n) is 7.44. The number of thiazole rings is 1. The van der Waals surface area contributed by atoms with Gasteiger partial charge in [-0.25, -0.2) is 4.98 Å². The third kappa shape index (κ3) is 3.34. The van der Waals surface area contributed by atoms with E-state index in [4.69, 9.17) is 4.42 Å². The monoisotopic (exact) mass is 369 g/mol. The number of piperidine rings is 1. The molecule has 3 aliphatic rings. The number of fused-ring (bicyclic) bond motifs is 4. The molecule has 2 unspecified atom stereocenters. The van der Waals surface area contributed by atoms with Gasteiger partial charge in [0.2, 0.25) is 0 Å². The van der Waals surface area contributed by atoms with Gasteiger partial charge in [-0.2, -0.15) is 5.10 Å². The van der Waals surface area contributed by atoms with Crippen LogP contribution in [0.4, 0.5) is 0 Å². The van der Waals surface area contributed by atoms with E-state index in [0.29, 0.717) is 6.04 Å². The summed E-state index contributed by atoms with van der Waals surface area (Å²) in [6, 6.07) is 6.68. The quantitative estimate of drug-likeness (QED) is 0.748. The van der Waals surface area contributed by atoms with Crippen LogP contribution in [0.1, 0.15) is 24.3 Å². The van der Waals surface area contributed by atoms with Crippen LogP contribution in [-0.4, -0.2) is 50.7 Å². The van der Waals surface area contributed by atoms with E-state index in [1.807, 2.05) is 17.6 Å². The van der Waals surface area contributed by atoms with Gasteiger partial charge in [0.05, 0.1) is 17.7 Å². The van der Waals surface area contributed by atoms with Gasteiger partial charge in [-0.05, 0) is 37.0 Å². The zero-order valence-electron chi connectivity index (χ0n) is 14.7. The molecule has 0 aliphatic carbocycles. The molecule has 136 valence electrons. The highest BCUT2D eigenvalue weighted by Crippen LogP contribution is 2.31. The fourth-order valence-electron chi connectivity index (χ4n) is 4.34. The van der Waals surface area contributed by atoms with E-state index in [9.17, 15) is 0 Å².